The van der Waals surface area contributed by atoms with Crippen LogP contribution in [0.1, 0.15) is 34.4 Å². The van der Waals surface area contributed by atoms with Crippen molar-refractivity contribution in [1.82, 2.24) is 19.8 Å². The van der Waals surface area contributed by atoms with Crippen molar-refractivity contribution < 1.29 is 14.3 Å². The molecule has 4 aromatic carbocycles. The van der Waals surface area contributed by atoms with E-state index in [9.17, 15) is 9.59 Å². The Hall–Kier alpha value is -5.26. The van der Waals surface area contributed by atoms with E-state index >= 15 is 0 Å². The van der Waals surface area contributed by atoms with Crippen LogP contribution in [0.2, 0.25) is 0 Å². The van der Waals surface area contributed by atoms with Crippen molar-refractivity contribution in [2.45, 2.75) is 44.7 Å². The maximum atomic E-state index is 13.8. The number of nitriles is 1. The summed E-state index contributed by atoms with van der Waals surface area (Å²) < 4.78 is 8.14. The Morgan fingerprint density at radius 2 is 1.70 bits per heavy atom. The highest BCUT2D eigenvalue weighted by atomic mass is 16.5. The SMILES string of the molecule is N#Cc1ccc(Cn2cncc2CC(=O)N2CC(OCc3ccccc3)CC2C(=O)NCc2cccc3ccccc23)cc1. The van der Waals surface area contributed by atoms with Crippen molar-refractivity contribution in [3.63, 3.8) is 0 Å². The monoisotopic (exact) mass is 583 g/mol. The number of nitrogens with one attached hydrogen (secondary N) is 1. The molecule has 2 heterocycles. The quantitative estimate of drug-likeness (QED) is 0.249. The number of hydrogen-bond donors (Lipinski definition) is 1. The van der Waals surface area contributed by atoms with Gasteiger partial charge in [0.05, 0.1) is 37.1 Å². The lowest BCUT2D eigenvalue weighted by Crippen LogP contribution is -2.46. The lowest BCUT2D eigenvalue weighted by Gasteiger charge is -2.24. The third-order valence-corrected chi connectivity index (χ3v) is 8.11. The Bertz CT molecular complexity index is 1790. The third-order valence-electron chi connectivity index (χ3n) is 8.11. The van der Waals surface area contributed by atoms with Crippen molar-refractivity contribution in [2.24, 2.45) is 0 Å². The molecule has 2 atom stereocenters. The first-order valence-electron chi connectivity index (χ1n) is 14.7. The van der Waals surface area contributed by atoms with Gasteiger partial charge in [0.1, 0.15) is 6.04 Å². The van der Waals surface area contributed by atoms with Crippen LogP contribution in [0.3, 0.4) is 0 Å². The molecule has 8 nitrogen and oxygen atoms in total. The minimum Gasteiger partial charge on any atom is -0.372 e. The first-order valence-corrected chi connectivity index (χ1v) is 14.7. The summed E-state index contributed by atoms with van der Waals surface area (Å²) in [5.41, 5.74) is 4.41. The summed E-state index contributed by atoms with van der Waals surface area (Å²) >= 11 is 0. The van der Waals surface area contributed by atoms with Crippen molar-refractivity contribution in [3.8, 4) is 6.07 Å². The minimum atomic E-state index is -0.645. The molecule has 1 aliphatic rings. The van der Waals surface area contributed by atoms with Crippen molar-refractivity contribution in [3.05, 3.63) is 138 Å². The van der Waals surface area contributed by atoms with Crippen LogP contribution in [0.15, 0.2) is 110 Å². The van der Waals surface area contributed by atoms with Gasteiger partial charge in [-0.05, 0) is 39.6 Å². The molecule has 6 rings (SSSR count). The molecule has 1 N–H and O–H groups in total. The summed E-state index contributed by atoms with van der Waals surface area (Å²) in [4.78, 5) is 33.4. The molecular weight excluding hydrogens is 550 g/mol. The van der Waals surface area contributed by atoms with E-state index in [-0.39, 0.29) is 24.3 Å². The Morgan fingerprint density at radius 1 is 0.932 bits per heavy atom. The van der Waals surface area contributed by atoms with Gasteiger partial charge in [-0.1, -0.05) is 84.9 Å². The van der Waals surface area contributed by atoms with E-state index in [0.717, 1.165) is 33.2 Å². The molecule has 8 heteroatoms. The second-order valence-electron chi connectivity index (χ2n) is 11.1. The number of imidazole rings is 1. The Labute approximate surface area is 256 Å². The zero-order chi connectivity index (χ0) is 30.3. The molecule has 2 unspecified atom stereocenters. The van der Waals surface area contributed by atoms with E-state index < -0.39 is 6.04 Å². The van der Waals surface area contributed by atoms with Crippen molar-refractivity contribution >= 4 is 22.6 Å². The molecule has 44 heavy (non-hydrogen) atoms. The van der Waals surface area contributed by atoms with Crippen LogP contribution in [-0.2, 0) is 40.4 Å². The molecule has 1 aromatic heterocycles. The number of rotatable bonds is 10. The van der Waals surface area contributed by atoms with Crippen LogP contribution in [0.25, 0.3) is 10.8 Å². The van der Waals surface area contributed by atoms with Crippen LogP contribution in [-0.4, -0.2) is 45.0 Å². The van der Waals surface area contributed by atoms with Gasteiger partial charge >= 0.3 is 0 Å². The zero-order valence-corrected chi connectivity index (χ0v) is 24.3. The molecule has 0 radical (unpaired) electrons. The number of carbonyl (C=O) groups is 2. The van der Waals surface area contributed by atoms with Gasteiger partial charge in [-0.3, -0.25) is 9.59 Å². The lowest BCUT2D eigenvalue weighted by molar-refractivity contribution is -0.138. The largest absolute Gasteiger partial charge is 0.372 e. The summed E-state index contributed by atoms with van der Waals surface area (Å²) in [5, 5.41) is 14.4. The number of benzene rings is 4. The van der Waals surface area contributed by atoms with E-state index in [1.165, 1.54) is 0 Å². The fourth-order valence-electron chi connectivity index (χ4n) is 5.75. The van der Waals surface area contributed by atoms with Crippen LogP contribution in [0, 0.1) is 11.3 Å². The molecule has 0 saturated carbocycles. The van der Waals surface area contributed by atoms with Gasteiger partial charge in [0.25, 0.3) is 0 Å². The molecular formula is C36H33N5O3. The van der Waals surface area contributed by atoms with Gasteiger partial charge < -0.3 is 19.5 Å². The maximum Gasteiger partial charge on any atom is 0.243 e. The first kappa shape index (κ1) is 28.8. The standard InChI is InChI=1S/C36H33N5O3/c37-19-26-13-15-27(16-14-26)22-40-25-38-21-31(40)17-35(42)41-23-32(44-24-28-7-2-1-3-8-28)18-34(41)36(43)39-20-30-11-6-10-29-9-4-5-12-33(29)30/h1-16,21,25,32,34H,17-18,20,22-24H2,(H,39,43). The predicted molar refractivity (Wildman–Crippen MR) is 167 cm³/mol. The predicted octanol–water partition coefficient (Wildman–Crippen LogP) is 5.00. The van der Waals surface area contributed by atoms with Gasteiger partial charge in [0.2, 0.25) is 11.8 Å². The topological polar surface area (TPSA) is 100 Å². The average molecular weight is 584 g/mol. The number of amides is 2. The molecule has 0 bridgehead atoms. The number of hydrogen-bond acceptors (Lipinski definition) is 5. The lowest BCUT2D eigenvalue weighted by atomic mass is 10.0. The van der Waals surface area contributed by atoms with Gasteiger partial charge in [-0.25, -0.2) is 4.98 Å². The van der Waals surface area contributed by atoms with Gasteiger partial charge in [-0.15, -0.1) is 0 Å². The number of aromatic nitrogens is 2. The van der Waals surface area contributed by atoms with Gasteiger partial charge in [0.15, 0.2) is 0 Å². The average Bonchev–Trinajstić information content (AvgIpc) is 3.70. The molecule has 220 valence electrons. The molecule has 1 saturated heterocycles. The second kappa shape index (κ2) is 13.4. The Morgan fingerprint density at radius 3 is 2.52 bits per heavy atom. The van der Waals surface area contributed by atoms with Crippen LogP contribution in [0.5, 0.6) is 0 Å². The van der Waals surface area contributed by atoms with E-state index in [0.29, 0.717) is 38.2 Å². The summed E-state index contributed by atoms with van der Waals surface area (Å²) in [6.45, 7) is 1.63. The fourth-order valence-corrected chi connectivity index (χ4v) is 5.75. The minimum absolute atomic E-state index is 0.106. The summed E-state index contributed by atoms with van der Waals surface area (Å²) in [6, 6.07) is 32.9. The van der Waals surface area contributed by atoms with E-state index in [4.69, 9.17) is 10.00 Å². The van der Waals surface area contributed by atoms with Crippen LogP contribution >= 0.6 is 0 Å². The zero-order valence-electron chi connectivity index (χ0n) is 24.3. The Balaban J connectivity index is 1.16. The highest BCUT2D eigenvalue weighted by Crippen LogP contribution is 2.24. The van der Waals surface area contributed by atoms with Crippen molar-refractivity contribution in [2.75, 3.05) is 6.54 Å². The maximum absolute atomic E-state index is 13.8. The Kier molecular flexibility index (Phi) is 8.76. The molecule has 2 amide bonds. The summed E-state index contributed by atoms with van der Waals surface area (Å²) in [7, 11) is 0. The van der Waals surface area contributed by atoms with Gasteiger partial charge in [0, 0.05) is 37.9 Å². The second-order valence-corrected chi connectivity index (χ2v) is 11.1. The normalized spacial score (nSPS) is 16.1. The molecule has 0 spiro atoms. The van der Waals surface area contributed by atoms with E-state index in [1.807, 2.05) is 71.3 Å². The number of carbonyl (C=O) groups excluding carboxylic acids is 2. The van der Waals surface area contributed by atoms with Crippen LogP contribution in [0.4, 0.5) is 0 Å². The van der Waals surface area contributed by atoms with Crippen molar-refractivity contribution in [1.29, 1.82) is 5.26 Å². The van der Waals surface area contributed by atoms with E-state index in [1.54, 1.807) is 29.6 Å². The highest BCUT2D eigenvalue weighted by Gasteiger charge is 2.40. The number of nitrogens with zero attached hydrogens (tertiary/aromatic N) is 4. The van der Waals surface area contributed by atoms with Crippen LogP contribution < -0.4 is 5.32 Å². The molecule has 5 aromatic rings. The van der Waals surface area contributed by atoms with E-state index in [2.05, 4.69) is 34.6 Å². The summed E-state index contributed by atoms with van der Waals surface area (Å²) in [5.74, 6) is -0.342. The number of fused-ring (bicyclic) bond motifs is 1. The third kappa shape index (κ3) is 6.69. The molecule has 1 fully saturated rings. The van der Waals surface area contributed by atoms with Gasteiger partial charge in [-0.2, -0.15) is 5.26 Å². The fraction of sp³-hybridized carbons (Fsp3) is 0.222. The number of ether oxygens (including phenoxy) is 1. The summed E-state index contributed by atoms with van der Waals surface area (Å²) in [6.07, 6.45) is 3.65. The highest BCUT2D eigenvalue weighted by molar-refractivity contribution is 5.90. The number of likely N-dealkylation sites (tertiary alicyclic amines) is 1. The smallest absolute Gasteiger partial charge is 0.243 e. The molecule has 1 aliphatic heterocycles. The first-order chi connectivity index (χ1) is 21.6. The molecule has 0 aliphatic carbocycles.